The van der Waals surface area contributed by atoms with Crippen molar-refractivity contribution in [3.05, 3.63) is 0 Å². The van der Waals surface area contributed by atoms with Gasteiger partial charge in [0.1, 0.15) is 5.78 Å². The first kappa shape index (κ1) is 10.6. The summed E-state index contributed by atoms with van der Waals surface area (Å²) in [5.41, 5.74) is -0.600. The molecule has 0 radical (unpaired) electrons. The molecule has 0 saturated heterocycles. The number of esters is 1. The zero-order valence-corrected chi connectivity index (χ0v) is 8.86. The molecular weight excluding hydrogens is 196 g/mol. The van der Waals surface area contributed by atoms with Crippen LogP contribution < -0.4 is 0 Å². The fourth-order valence-electron chi connectivity index (χ4n) is 3.25. The van der Waals surface area contributed by atoms with Gasteiger partial charge in [0.2, 0.25) is 0 Å². The van der Waals surface area contributed by atoms with Crippen molar-refractivity contribution in [1.29, 1.82) is 0 Å². The molecule has 15 heavy (non-hydrogen) atoms. The van der Waals surface area contributed by atoms with Crippen molar-refractivity contribution in [3.63, 3.8) is 0 Å². The highest BCUT2D eigenvalue weighted by Crippen LogP contribution is 2.57. The van der Waals surface area contributed by atoms with Crippen LogP contribution in [0.4, 0.5) is 0 Å². The smallest absolute Gasteiger partial charge is 0.312 e. The van der Waals surface area contributed by atoms with Crippen LogP contribution in [0.25, 0.3) is 0 Å². The molecule has 2 rings (SSSR count). The Kier molecular flexibility index (Phi) is 2.54. The van der Waals surface area contributed by atoms with Gasteiger partial charge in [-0.15, -0.1) is 0 Å². The number of hydrogen-bond donors (Lipinski definition) is 1. The summed E-state index contributed by atoms with van der Waals surface area (Å²) in [5, 5.41) is 9.11. The molecular formula is C11H16O4. The number of Topliss-reactive ketones (excluding diaryl/α,β-unsaturated/α-hetero) is 1. The second-order valence-electron chi connectivity index (χ2n) is 4.59. The quantitative estimate of drug-likeness (QED) is 0.678. The molecule has 2 saturated carbocycles. The molecule has 0 heterocycles. The van der Waals surface area contributed by atoms with Crippen LogP contribution in [0.2, 0.25) is 0 Å². The summed E-state index contributed by atoms with van der Waals surface area (Å²) in [7, 11) is 1.36. The van der Waals surface area contributed by atoms with Crippen LogP contribution in [0, 0.1) is 17.3 Å². The fourth-order valence-corrected chi connectivity index (χ4v) is 3.25. The Morgan fingerprint density at radius 3 is 3.00 bits per heavy atom. The van der Waals surface area contributed by atoms with Gasteiger partial charge in [0.25, 0.3) is 0 Å². The molecule has 1 N–H and O–H groups in total. The molecule has 0 bridgehead atoms. The number of carbonyl (C=O) groups is 2. The predicted octanol–water partition coefficient (Wildman–Crippen LogP) is 0.527. The lowest BCUT2D eigenvalue weighted by Gasteiger charge is -2.54. The normalized spacial score (nSPS) is 39.2. The number of aliphatic hydroxyl groups is 1. The second-order valence-corrected chi connectivity index (χ2v) is 4.59. The van der Waals surface area contributed by atoms with Crippen molar-refractivity contribution in [2.45, 2.75) is 25.7 Å². The number of fused-ring (bicyclic) bond motifs is 1. The third-order valence-corrected chi connectivity index (χ3v) is 3.91. The van der Waals surface area contributed by atoms with Crippen LogP contribution in [-0.2, 0) is 14.3 Å². The number of ether oxygens (including phenoxy) is 1. The fraction of sp³-hybridized carbons (Fsp3) is 0.818. The van der Waals surface area contributed by atoms with Crippen molar-refractivity contribution < 1.29 is 19.4 Å². The second kappa shape index (κ2) is 3.59. The minimum absolute atomic E-state index is 0.00481. The van der Waals surface area contributed by atoms with Gasteiger partial charge in [-0.25, -0.2) is 0 Å². The van der Waals surface area contributed by atoms with Crippen molar-refractivity contribution in [2.24, 2.45) is 17.3 Å². The van der Waals surface area contributed by atoms with E-state index in [4.69, 9.17) is 9.84 Å². The summed E-state index contributed by atoms with van der Waals surface area (Å²) in [5.74, 6) is -0.470. The SMILES string of the molecule is COC(=O)[C@]12CCCC(=O)[C@H]1[C@H](CO)C2. The van der Waals surface area contributed by atoms with E-state index in [0.717, 1.165) is 12.8 Å². The average molecular weight is 212 g/mol. The zero-order valence-electron chi connectivity index (χ0n) is 8.86. The summed E-state index contributed by atoms with van der Waals surface area (Å²) in [4.78, 5) is 23.4. The molecule has 0 aromatic carbocycles. The van der Waals surface area contributed by atoms with Crippen molar-refractivity contribution in [3.8, 4) is 0 Å². The number of rotatable bonds is 2. The molecule has 3 atom stereocenters. The highest BCUT2D eigenvalue weighted by molar-refractivity contribution is 5.92. The molecule has 0 aliphatic heterocycles. The first-order valence-corrected chi connectivity index (χ1v) is 5.37. The first-order chi connectivity index (χ1) is 7.15. The Morgan fingerprint density at radius 2 is 2.40 bits per heavy atom. The van der Waals surface area contributed by atoms with Gasteiger partial charge in [-0.2, -0.15) is 0 Å². The lowest BCUT2D eigenvalue weighted by molar-refractivity contribution is -0.184. The van der Waals surface area contributed by atoms with E-state index in [9.17, 15) is 9.59 Å². The minimum Gasteiger partial charge on any atom is -0.469 e. The number of carbonyl (C=O) groups excluding carboxylic acids is 2. The standard InChI is InChI=1S/C11H16O4/c1-15-10(14)11-4-2-3-8(13)9(11)7(5-11)6-12/h7,9,12H,2-6H2,1H3/t7-,9+,11-/m0/s1. The average Bonchev–Trinajstić information content (AvgIpc) is 2.20. The van der Waals surface area contributed by atoms with E-state index in [2.05, 4.69) is 0 Å². The Balaban J connectivity index is 2.24. The third kappa shape index (κ3) is 1.31. The Labute approximate surface area is 88.6 Å². The van der Waals surface area contributed by atoms with E-state index >= 15 is 0 Å². The Morgan fingerprint density at radius 1 is 1.67 bits per heavy atom. The topological polar surface area (TPSA) is 63.6 Å². The van der Waals surface area contributed by atoms with Gasteiger partial charge in [0, 0.05) is 18.9 Å². The number of aliphatic hydroxyl groups excluding tert-OH is 1. The molecule has 84 valence electrons. The molecule has 2 aliphatic rings. The molecule has 4 nitrogen and oxygen atoms in total. The highest BCUT2D eigenvalue weighted by atomic mass is 16.5. The number of hydrogen-bond acceptors (Lipinski definition) is 4. The third-order valence-electron chi connectivity index (χ3n) is 3.91. The number of methoxy groups -OCH3 is 1. The van der Waals surface area contributed by atoms with Crippen LogP contribution in [-0.4, -0.2) is 30.6 Å². The maximum Gasteiger partial charge on any atom is 0.312 e. The van der Waals surface area contributed by atoms with E-state index in [1.165, 1.54) is 7.11 Å². The maximum absolute atomic E-state index is 11.7. The van der Waals surface area contributed by atoms with E-state index in [1.807, 2.05) is 0 Å². The molecule has 0 aromatic heterocycles. The number of ketones is 1. The predicted molar refractivity (Wildman–Crippen MR) is 52.0 cm³/mol. The first-order valence-electron chi connectivity index (χ1n) is 5.37. The van der Waals surface area contributed by atoms with Crippen LogP contribution in [0.3, 0.4) is 0 Å². The summed E-state index contributed by atoms with van der Waals surface area (Å²) in [6, 6.07) is 0. The Bertz CT molecular complexity index is 299. The van der Waals surface area contributed by atoms with Gasteiger partial charge >= 0.3 is 5.97 Å². The van der Waals surface area contributed by atoms with Crippen LogP contribution >= 0.6 is 0 Å². The molecule has 0 aromatic rings. The van der Waals surface area contributed by atoms with Crippen molar-refractivity contribution in [2.75, 3.05) is 13.7 Å². The summed E-state index contributed by atoms with van der Waals surface area (Å²) >= 11 is 0. The van der Waals surface area contributed by atoms with Gasteiger partial charge in [-0.1, -0.05) is 0 Å². The van der Waals surface area contributed by atoms with E-state index in [1.54, 1.807) is 0 Å². The lowest BCUT2D eigenvalue weighted by Crippen LogP contribution is -2.59. The molecule has 0 amide bonds. The maximum atomic E-state index is 11.7. The monoisotopic (exact) mass is 212 g/mol. The molecule has 0 unspecified atom stereocenters. The van der Waals surface area contributed by atoms with Crippen molar-refractivity contribution in [1.82, 2.24) is 0 Å². The van der Waals surface area contributed by atoms with Gasteiger partial charge in [0.15, 0.2) is 0 Å². The largest absolute Gasteiger partial charge is 0.469 e. The van der Waals surface area contributed by atoms with E-state index in [-0.39, 0.29) is 30.2 Å². The van der Waals surface area contributed by atoms with E-state index in [0.29, 0.717) is 12.8 Å². The summed E-state index contributed by atoms with van der Waals surface area (Å²) < 4.78 is 4.78. The highest BCUT2D eigenvalue weighted by Gasteiger charge is 2.62. The van der Waals surface area contributed by atoms with E-state index < -0.39 is 5.41 Å². The van der Waals surface area contributed by atoms with Crippen molar-refractivity contribution >= 4 is 11.8 Å². The lowest BCUT2D eigenvalue weighted by atomic mass is 9.48. The molecule has 2 aliphatic carbocycles. The molecule has 0 spiro atoms. The molecule has 2 fully saturated rings. The zero-order chi connectivity index (χ0) is 11.1. The van der Waals surface area contributed by atoms with Gasteiger partial charge in [-0.3, -0.25) is 9.59 Å². The van der Waals surface area contributed by atoms with Gasteiger partial charge in [-0.05, 0) is 25.2 Å². The Hall–Kier alpha value is -0.900. The van der Waals surface area contributed by atoms with Gasteiger partial charge in [0.05, 0.1) is 12.5 Å². The summed E-state index contributed by atoms with van der Waals surface area (Å²) in [6.45, 7) is -0.00481. The van der Waals surface area contributed by atoms with Crippen LogP contribution in [0.1, 0.15) is 25.7 Å². The van der Waals surface area contributed by atoms with Gasteiger partial charge < -0.3 is 9.84 Å². The summed E-state index contributed by atoms with van der Waals surface area (Å²) in [6.07, 6.45) is 2.64. The molecule has 4 heteroatoms. The van der Waals surface area contributed by atoms with Crippen LogP contribution in [0.15, 0.2) is 0 Å². The minimum atomic E-state index is -0.600. The van der Waals surface area contributed by atoms with Crippen LogP contribution in [0.5, 0.6) is 0 Å².